The number of fused-ring (bicyclic) bond motifs is 2. The Labute approximate surface area is 216 Å². The number of nitrogens with zero attached hydrogens (tertiary/aromatic N) is 1. The van der Waals surface area contributed by atoms with Gasteiger partial charge in [-0.3, -0.25) is 4.79 Å². The van der Waals surface area contributed by atoms with Gasteiger partial charge in [-0.2, -0.15) is 4.31 Å². The van der Waals surface area contributed by atoms with E-state index < -0.39 is 28.3 Å². The SMILES string of the molecule is Cc1ccc(S(=O)(=O)N2C[C@H](O)COC[C@@H]3O[C@@H](CC(=O)NCc4ccc5c(c4)OCO5)CC[C@H]32)cc1. The quantitative estimate of drug-likeness (QED) is 0.577. The summed E-state index contributed by atoms with van der Waals surface area (Å²) < 4.78 is 51.0. The molecule has 10 nitrogen and oxygen atoms in total. The number of sulfonamides is 1. The summed E-state index contributed by atoms with van der Waals surface area (Å²) in [6, 6.07) is 11.7. The topological polar surface area (TPSA) is 124 Å². The van der Waals surface area contributed by atoms with Crippen LogP contribution in [-0.2, 0) is 30.8 Å². The first-order valence-corrected chi connectivity index (χ1v) is 13.9. The van der Waals surface area contributed by atoms with Gasteiger partial charge in [0, 0.05) is 13.1 Å². The molecule has 2 aromatic carbocycles. The van der Waals surface area contributed by atoms with Gasteiger partial charge in [0.15, 0.2) is 11.5 Å². The minimum atomic E-state index is -3.87. The highest BCUT2D eigenvalue weighted by Gasteiger charge is 2.43. The number of benzene rings is 2. The van der Waals surface area contributed by atoms with Crippen molar-refractivity contribution in [2.45, 2.75) is 62.0 Å². The minimum absolute atomic E-state index is 0.00713. The van der Waals surface area contributed by atoms with Crippen LogP contribution >= 0.6 is 0 Å². The molecule has 5 rings (SSSR count). The maximum atomic E-state index is 13.6. The fourth-order valence-corrected chi connectivity index (χ4v) is 6.66. The lowest BCUT2D eigenvalue weighted by Crippen LogP contribution is -2.57. The third kappa shape index (κ3) is 5.91. The molecule has 2 fully saturated rings. The first-order chi connectivity index (χ1) is 17.8. The second-order valence-corrected chi connectivity index (χ2v) is 11.6. The Morgan fingerprint density at radius 2 is 1.86 bits per heavy atom. The summed E-state index contributed by atoms with van der Waals surface area (Å²) in [7, 11) is -3.87. The van der Waals surface area contributed by atoms with Gasteiger partial charge in [0.25, 0.3) is 0 Å². The van der Waals surface area contributed by atoms with Crippen molar-refractivity contribution in [1.29, 1.82) is 0 Å². The lowest BCUT2D eigenvalue weighted by Gasteiger charge is -2.43. The number of β-amino-alcohol motifs (C(OH)–C–C–N with tert-alkyl or cyclic N) is 1. The summed E-state index contributed by atoms with van der Waals surface area (Å²) in [6.07, 6.45) is -0.703. The lowest BCUT2D eigenvalue weighted by molar-refractivity contribution is -0.146. The molecule has 3 heterocycles. The number of nitrogens with one attached hydrogen (secondary N) is 1. The van der Waals surface area contributed by atoms with E-state index in [1.165, 1.54) is 4.31 Å². The van der Waals surface area contributed by atoms with Crippen molar-refractivity contribution in [2.75, 3.05) is 26.6 Å². The van der Waals surface area contributed by atoms with Crippen LogP contribution in [0.1, 0.15) is 30.4 Å². The van der Waals surface area contributed by atoms with Gasteiger partial charge in [0.1, 0.15) is 0 Å². The number of ether oxygens (including phenoxy) is 4. The molecule has 3 aliphatic rings. The Bertz CT molecular complexity index is 1220. The van der Waals surface area contributed by atoms with Gasteiger partial charge in [-0.25, -0.2) is 8.42 Å². The van der Waals surface area contributed by atoms with Crippen LogP contribution in [0.5, 0.6) is 11.5 Å². The molecule has 0 radical (unpaired) electrons. The molecule has 3 aliphatic heterocycles. The molecule has 11 heteroatoms. The van der Waals surface area contributed by atoms with Crippen LogP contribution in [0, 0.1) is 6.92 Å². The number of amides is 1. The highest BCUT2D eigenvalue weighted by atomic mass is 32.2. The van der Waals surface area contributed by atoms with Crippen LogP contribution in [0.15, 0.2) is 47.4 Å². The molecular weight excluding hydrogens is 500 g/mol. The Morgan fingerprint density at radius 1 is 1.08 bits per heavy atom. The number of aliphatic hydroxyl groups is 1. The van der Waals surface area contributed by atoms with E-state index in [1.54, 1.807) is 24.3 Å². The highest BCUT2D eigenvalue weighted by Crippen LogP contribution is 2.33. The number of aryl methyl sites for hydroxylation is 1. The van der Waals surface area contributed by atoms with Crippen molar-refractivity contribution in [3.05, 3.63) is 53.6 Å². The monoisotopic (exact) mass is 532 g/mol. The Hall–Kier alpha value is -2.70. The molecule has 0 aromatic heterocycles. The predicted octanol–water partition coefficient (Wildman–Crippen LogP) is 1.73. The van der Waals surface area contributed by atoms with E-state index in [0.717, 1.165) is 11.1 Å². The van der Waals surface area contributed by atoms with Crippen molar-refractivity contribution in [3.63, 3.8) is 0 Å². The van der Waals surface area contributed by atoms with E-state index in [0.29, 0.717) is 30.9 Å². The third-order valence-corrected chi connectivity index (χ3v) is 8.81. The maximum Gasteiger partial charge on any atom is 0.243 e. The Morgan fingerprint density at radius 3 is 2.68 bits per heavy atom. The average Bonchev–Trinajstić information content (AvgIpc) is 3.34. The molecule has 0 aliphatic carbocycles. The van der Waals surface area contributed by atoms with E-state index in [1.807, 2.05) is 25.1 Å². The molecule has 2 N–H and O–H groups in total. The van der Waals surface area contributed by atoms with Gasteiger partial charge < -0.3 is 29.4 Å². The van der Waals surface area contributed by atoms with E-state index >= 15 is 0 Å². The van der Waals surface area contributed by atoms with Crippen molar-refractivity contribution >= 4 is 15.9 Å². The van der Waals surface area contributed by atoms with Crippen LogP contribution in [-0.4, -0.2) is 74.6 Å². The smallest absolute Gasteiger partial charge is 0.243 e. The van der Waals surface area contributed by atoms with Crippen LogP contribution < -0.4 is 14.8 Å². The molecule has 0 spiro atoms. The van der Waals surface area contributed by atoms with E-state index in [2.05, 4.69) is 5.32 Å². The van der Waals surface area contributed by atoms with Gasteiger partial charge in [-0.1, -0.05) is 23.8 Å². The summed E-state index contributed by atoms with van der Waals surface area (Å²) in [4.78, 5) is 12.8. The number of rotatable bonds is 6. The van der Waals surface area contributed by atoms with Gasteiger partial charge in [-0.05, 0) is 49.6 Å². The largest absolute Gasteiger partial charge is 0.454 e. The van der Waals surface area contributed by atoms with Crippen LogP contribution in [0.3, 0.4) is 0 Å². The molecule has 4 atom stereocenters. The first kappa shape index (κ1) is 25.9. The zero-order valence-electron chi connectivity index (χ0n) is 20.7. The van der Waals surface area contributed by atoms with Gasteiger partial charge >= 0.3 is 0 Å². The fraction of sp³-hybridized carbons (Fsp3) is 0.500. The number of hydrogen-bond acceptors (Lipinski definition) is 8. The van der Waals surface area contributed by atoms with Crippen molar-refractivity contribution in [2.24, 2.45) is 0 Å². The van der Waals surface area contributed by atoms with Crippen molar-refractivity contribution in [1.82, 2.24) is 9.62 Å². The van der Waals surface area contributed by atoms with E-state index in [9.17, 15) is 18.3 Å². The predicted molar refractivity (Wildman–Crippen MR) is 133 cm³/mol. The van der Waals surface area contributed by atoms with Crippen LogP contribution in [0.4, 0.5) is 0 Å². The number of carbonyl (C=O) groups excluding carboxylic acids is 1. The van der Waals surface area contributed by atoms with Crippen LogP contribution in [0.2, 0.25) is 0 Å². The zero-order valence-corrected chi connectivity index (χ0v) is 21.5. The van der Waals surface area contributed by atoms with Gasteiger partial charge in [0.05, 0.1) is 48.9 Å². The van der Waals surface area contributed by atoms with E-state index in [-0.39, 0.29) is 49.9 Å². The minimum Gasteiger partial charge on any atom is -0.454 e. The summed E-state index contributed by atoms with van der Waals surface area (Å²) in [5.41, 5.74) is 1.85. The molecule has 0 unspecified atom stereocenters. The zero-order chi connectivity index (χ0) is 26.0. The van der Waals surface area contributed by atoms with E-state index in [4.69, 9.17) is 18.9 Å². The summed E-state index contributed by atoms with van der Waals surface area (Å²) in [5, 5.41) is 13.3. The molecule has 2 aromatic rings. The number of hydrogen-bond donors (Lipinski definition) is 2. The van der Waals surface area contributed by atoms with Crippen molar-refractivity contribution in [3.8, 4) is 11.5 Å². The maximum absolute atomic E-state index is 13.6. The molecule has 2 saturated heterocycles. The first-order valence-electron chi connectivity index (χ1n) is 12.4. The third-order valence-electron chi connectivity index (χ3n) is 6.90. The molecular formula is C26H32N2O8S. The fourth-order valence-electron chi connectivity index (χ4n) is 4.95. The summed E-state index contributed by atoms with van der Waals surface area (Å²) >= 11 is 0. The molecule has 0 bridgehead atoms. The second kappa shape index (κ2) is 11.0. The molecule has 0 saturated carbocycles. The second-order valence-electron chi connectivity index (χ2n) is 9.69. The molecule has 37 heavy (non-hydrogen) atoms. The average molecular weight is 533 g/mol. The normalized spacial score (nSPS) is 26.1. The standard InChI is InChI=1S/C26H32N2O8S/c1-17-2-6-21(7-3-17)37(31,32)28-13-19(29)14-33-15-25-22(28)8-5-20(36-25)11-26(30)27-12-18-4-9-23-24(10-18)35-16-34-23/h2-4,6-7,9-10,19-20,22,25,29H,5,8,11-16H2,1H3,(H,27,30)/t19-,20+,22+,25-/m0/s1. The van der Waals surface area contributed by atoms with Crippen molar-refractivity contribution < 1.29 is 37.3 Å². The van der Waals surface area contributed by atoms with Gasteiger partial charge in [-0.15, -0.1) is 0 Å². The molecule has 1 amide bonds. The summed E-state index contributed by atoms with van der Waals surface area (Å²) in [6.45, 7) is 2.49. The molecule has 200 valence electrons. The Kier molecular flexibility index (Phi) is 7.68. The Balaban J connectivity index is 1.22. The number of carbonyl (C=O) groups is 1. The highest BCUT2D eigenvalue weighted by molar-refractivity contribution is 7.89. The van der Waals surface area contributed by atoms with Crippen LogP contribution in [0.25, 0.3) is 0 Å². The van der Waals surface area contributed by atoms with Gasteiger partial charge in [0.2, 0.25) is 22.7 Å². The lowest BCUT2D eigenvalue weighted by atomic mass is 9.96. The summed E-state index contributed by atoms with van der Waals surface area (Å²) in [5.74, 6) is 1.19. The number of aliphatic hydroxyl groups excluding tert-OH is 1.